The second-order valence-corrected chi connectivity index (χ2v) is 7.03. The molecule has 0 aliphatic carbocycles. The Labute approximate surface area is 131 Å². The summed E-state index contributed by atoms with van der Waals surface area (Å²) < 4.78 is 0. The van der Waals surface area contributed by atoms with Crippen LogP contribution in [0.3, 0.4) is 0 Å². The minimum Gasteiger partial charge on any atom is -0.344 e. The van der Waals surface area contributed by atoms with Crippen molar-refractivity contribution >= 4 is 17.7 Å². The Morgan fingerprint density at radius 2 is 1.86 bits per heavy atom. The molecule has 3 saturated heterocycles. The molecule has 3 fully saturated rings. The predicted octanol–water partition coefficient (Wildman–Crippen LogP) is 0.516. The van der Waals surface area contributed by atoms with Crippen LogP contribution in [0.1, 0.15) is 45.4 Å². The van der Waals surface area contributed by atoms with Gasteiger partial charge < -0.3 is 15.1 Å². The highest BCUT2D eigenvalue weighted by Gasteiger charge is 2.41. The molecule has 0 aromatic heterocycles. The molecule has 3 heterocycles. The summed E-state index contributed by atoms with van der Waals surface area (Å²) in [7, 11) is 0. The highest BCUT2D eigenvalue weighted by Crippen LogP contribution is 2.40. The topological polar surface area (TPSA) is 69.7 Å². The van der Waals surface area contributed by atoms with Crippen molar-refractivity contribution in [1.82, 2.24) is 15.1 Å². The smallest absolute Gasteiger partial charge is 0.245 e. The van der Waals surface area contributed by atoms with E-state index < -0.39 is 0 Å². The lowest BCUT2D eigenvalue weighted by Crippen LogP contribution is -2.54. The summed E-state index contributed by atoms with van der Waals surface area (Å²) in [6.07, 6.45) is 5.22. The van der Waals surface area contributed by atoms with E-state index in [-0.39, 0.29) is 29.2 Å². The molecule has 1 N–H and O–H groups in total. The standard InChI is InChI=1S/C16H25N3O3/c1-12(20)19-8-2-5-16(11-19)6-9-18(10-7-16)15(22)13-3-4-14(21)17-13/h13H,2-11H2,1H3,(H,17,21). The van der Waals surface area contributed by atoms with Crippen LogP contribution in [-0.4, -0.2) is 59.7 Å². The zero-order valence-corrected chi connectivity index (χ0v) is 13.3. The van der Waals surface area contributed by atoms with Crippen molar-refractivity contribution in [2.75, 3.05) is 26.2 Å². The Balaban J connectivity index is 1.56. The molecule has 22 heavy (non-hydrogen) atoms. The zero-order chi connectivity index (χ0) is 15.7. The molecule has 0 saturated carbocycles. The molecule has 6 heteroatoms. The van der Waals surface area contributed by atoms with Crippen LogP contribution in [0.5, 0.6) is 0 Å². The molecular formula is C16H25N3O3. The van der Waals surface area contributed by atoms with E-state index >= 15 is 0 Å². The first-order valence-corrected chi connectivity index (χ1v) is 8.33. The second-order valence-electron chi connectivity index (χ2n) is 7.03. The molecule has 0 aromatic rings. The van der Waals surface area contributed by atoms with E-state index in [0.29, 0.717) is 12.8 Å². The molecule has 3 amide bonds. The average Bonchev–Trinajstić information content (AvgIpc) is 2.94. The number of likely N-dealkylation sites (tertiary alicyclic amines) is 2. The number of hydrogen-bond acceptors (Lipinski definition) is 3. The zero-order valence-electron chi connectivity index (χ0n) is 13.3. The molecule has 1 unspecified atom stereocenters. The molecule has 6 nitrogen and oxygen atoms in total. The number of nitrogens with zero attached hydrogens (tertiary/aromatic N) is 2. The first-order chi connectivity index (χ1) is 10.5. The van der Waals surface area contributed by atoms with Gasteiger partial charge in [-0.15, -0.1) is 0 Å². The average molecular weight is 307 g/mol. The van der Waals surface area contributed by atoms with Crippen LogP contribution in [0.15, 0.2) is 0 Å². The summed E-state index contributed by atoms with van der Waals surface area (Å²) in [4.78, 5) is 39.2. The van der Waals surface area contributed by atoms with Gasteiger partial charge >= 0.3 is 0 Å². The number of rotatable bonds is 1. The monoisotopic (exact) mass is 307 g/mol. The highest BCUT2D eigenvalue weighted by molar-refractivity contribution is 5.90. The maximum Gasteiger partial charge on any atom is 0.245 e. The molecule has 0 aromatic carbocycles. The van der Waals surface area contributed by atoms with E-state index in [0.717, 1.165) is 51.9 Å². The van der Waals surface area contributed by atoms with Gasteiger partial charge in [0, 0.05) is 39.5 Å². The molecular weight excluding hydrogens is 282 g/mol. The predicted molar refractivity (Wildman–Crippen MR) is 80.9 cm³/mol. The number of hydrogen-bond donors (Lipinski definition) is 1. The first kappa shape index (κ1) is 15.3. The molecule has 1 atom stereocenters. The van der Waals surface area contributed by atoms with Crippen molar-refractivity contribution in [3.05, 3.63) is 0 Å². The van der Waals surface area contributed by atoms with Crippen LogP contribution in [0.2, 0.25) is 0 Å². The molecule has 3 rings (SSSR count). The van der Waals surface area contributed by atoms with Crippen molar-refractivity contribution in [2.24, 2.45) is 5.41 Å². The van der Waals surface area contributed by atoms with E-state index in [4.69, 9.17) is 0 Å². The van der Waals surface area contributed by atoms with Crippen molar-refractivity contribution < 1.29 is 14.4 Å². The fourth-order valence-corrected chi connectivity index (χ4v) is 4.11. The van der Waals surface area contributed by atoms with Gasteiger partial charge in [0.1, 0.15) is 6.04 Å². The highest BCUT2D eigenvalue weighted by atomic mass is 16.2. The second kappa shape index (κ2) is 5.89. The first-order valence-electron chi connectivity index (χ1n) is 8.33. The van der Waals surface area contributed by atoms with Crippen LogP contribution in [0.4, 0.5) is 0 Å². The Kier molecular flexibility index (Phi) is 4.10. The minimum absolute atomic E-state index is 0.0174. The Bertz CT molecular complexity index is 483. The van der Waals surface area contributed by atoms with E-state index in [2.05, 4.69) is 5.32 Å². The molecule has 0 bridgehead atoms. The van der Waals surface area contributed by atoms with Crippen LogP contribution in [0.25, 0.3) is 0 Å². The summed E-state index contributed by atoms with van der Waals surface area (Å²) in [5.41, 5.74) is 0.194. The van der Waals surface area contributed by atoms with Gasteiger partial charge in [-0.2, -0.15) is 0 Å². The largest absolute Gasteiger partial charge is 0.344 e. The fraction of sp³-hybridized carbons (Fsp3) is 0.812. The van der Waals surface area contributed by atoms with Crippen molar-refractivity contribution in [3.63, 3.8) is 0 Å². The molecule has 3 aliphatic rings. The normalized spacial score (nSPS) is 27.9. The summed E-state index contributed by atoms with van der Waals surface area (Å²) in [5, 5.41) is 2.76. The molecule has 0 radical (unpaired) electrons. The van der Waals surface area contributed by atoms with Gasteiger partial charge in [0.15, 0.2) is 0 Å². The molecule has 122 valence electrons. The van der Waals surface area contributed by atoms with Crippen LogP contribution in [-0.2, 0) is 14.4 Å². The van der Waals surface area contributed by atoms with Crippen molar-refractivity contribution in [1.29, 1.82) is 0 Å². The lowest BCUT2D eigenvalue weighted by Gasteiger charge is -2.47. The van der Waals surface area contributed by atoms with Crippen LogP contribution in [0, 0.1) is 5.41 Å². The Morgan fingerprint density at radius 3 is 2.45 bits per heavy atom. The number of amides is 3. The third-order valence-electron chi connectivity index (χ3n) is 5.54. The summed E-state index contributed by atoms with van der Waals surface area (Å²) >= 11 is 0. The van der Waals surface area contributed by atoms with E-state index in [1.807, 2.05) is 9.80 Å². The Hall–Kier alpha value is -1.59. The van der Waals surface area contributed by atoms with Crippen molar-refractivity contribution in [2.45, 2.75) is 51.5 Å². The van der Waals surface area contributed by atoms with E-state index in [1.54, 1.807) is 6.92 Å². The maximum atomic E-state index is 12.4. The summed E-state index contributed by atoms with van der Waals surface area (Å²) in [6, 6.07) is -0.318. The minimum atomic E-state index is -0.318. The van der Waals surface area contributed by atoms with Gasteiger partial charge in [-0.3, -0.25) is 14.4 Å². The Morgan fingerprint density at radius 1 is 1.14 bits per heavy atom. The lowest BCUT2D eigenvalue weighted by atomic mass is 9.72. The van der Waals surface area contributed by atoms with Gasteiger partial charge in [-0.05, 0) is 37.5 Å². The number of carbonyl (C=O) groups is 3. The number of nitrogens with one attached hydrogen (secondary N) is 1. The fourth-order valence-electron chi connectivity index (χ4n) is 4.11. The van der Waals surface area contributed by atoms with Gasteiger partial charge in [0.25, 0.3) is 0 Å². The van der Waals surface area contributed by atoms with E-state index in [1.165, 1.54) is 0 Å². The SMILES string of the molecule is CC(=O)N1CCCC2(CCN(C(=O)C3CCC(=O)N3)CC2)C1. The van der Waals surface area contributed by atoms with Crippen LogP contribution < -0.4 is 5.32 Å². The summed E-state index contributed by atoms with van der Waals surface area (Å²) in [5.74, 6) is 0.211. The maximum absolute atomic E-state index is 12.4. The summed E-state index contributed by atoms with van der Waals surface area (Å²) in [6.45, 7) is 4.84. The molecule has 1 spiro atoms. The number of piperidine rings is 2. The quantitative estimate of drug-likeness (QED) is 0.767. The van der Waals surface area contributed by atoms with Crippen molar-refractivity contribution in [3.8, 4) is 0 Å². The molecule has 3 aliphatic heterocycles. The van der Waals surface area contributed by atoms with Gasteiger partial charge in [-0.25, -0.2) is 0 Å². The third-order valence-corrected chi connectivity index (χ3v) is 5.54. The van der Waals surface area contributed by atoms with Gasteiger partial charge in [0.2, 0.25) is 17.7 Å². The lowest BCUT2D eigenvalue weighted by molar-refractivity contribution is -0.139. The number of carbonyl (C=O) groups excluding carboxylic acids is 3. The van der Waals surface area contributed by atoms with Crippen LogP contribution >= 0.6 is 0 Å². The van der Waals surface area contributed by atoms with E-state index in [9.17, 15) is 14.4 Å². The van der Waals surface area contributed by atoms with Gasteiger partial charge in [-0.1, -0.05) is 0 Å². The third kappa shape index (κ3) is 2.96. The van der Waals surface area contributed by atoms with Gasteiger partial charge in [0.05, 0.1) is 0 Å².